The van der Waals surface area contributed by atoms with Crippen LogP contribution in [0.4, 0.5) is 10.1 Å². The number of anilines is 1. The summed E-state index contributed by atoms with van der Waals surface area (Å²) < 4.78 is 13.7. The van der Waals surface area contributed by atoms with Gasteiger partial charge in [0.25, 0.3) is 0 Å². The molecule has 1 aromatic rings. The van der Waals surface area contributed by atoms with Crippen molar-refractivity contribution in [2.45, 2.75) is 19.8 Å². The van der Waals surface area contributed by atoms with Gasteiger partial charge < -0.3 is 10.2 Å². The maximum Gasteiger partial charge on any atom is 0.227 e. The Labute approximate surface area is 111 Å². The quantitative estimate of drug-likeness (QED) is 0.900. The molecule has 1 heterocycles. The smallest absolute Gasteiger partial charge is 0.227 e. The monoisotopic (exact) mass is 264 g/mol. The number of benzene rings is 1. The van der Waals surface area contributed by atoms with Crippen molar-refractivity contribution in [1.29, 1.82) is 0 Å². The fraction of sp³-hybridized carbons (Fsp3) is 0.429. The lowest BCUT2D eigenvalue weighted by molar-refractivity contribution is -0.126. The summed E-state index contributed by atoms with van der Waals surface area (Å²) in [5.74, 6) is -1.17. The number of amides is 2. The minimum atomic E-state index is -0.439. The topological polar surface area (TPSA) is 49.4 Å². The molecule has 1 saturated heterocycles. The summed E-state index contributed by atoms with van der Waals surface area (Å²) in [5.41, 5.74) is 0.248. The molecule has 0 spiro atoms. The summed E-state index contributed by atoms with van der Waals surface area (Å²) in [6.45, 7) is 2.81. The van der Waals surface area contributed by atoms with Gasteiger partial charge in [-0.25, -0.2) is 4.39 Å². The van der Waals surface area contributed by atoms with Crippen molar-refractivity contribution >= 4 is 17.5 Å². The molecule has 1 aliphatic rings. The molecule has 5 heteroatoms. The van der Waals surface area contributed by atoms with Gasteiger partial charge in [-0.15, -0.1) is 0 Å². The van der Waals surface area contributed by atoms with Crippen LogP contribution in [0.1, 0.15) is 19.8 Å². The van der Waals surface area contributed by atoms with Gasteiger partial charge in [0.2, 0.25) is 11.8 Å². The van der Waals surface area contributed by atoms with Crippen LogP contribution in [0.3, 0.4) is 0 Å². The van der Waals surface area contributed by atoms with E-state index in [9.17, 15) is 14.0 Å². The van der Waals surface area contributed by atoms with Crippen LogP contribution in [-0.2, 0) is 9.59 Å². The van der Waals surface area contributed by atoms with Crippen LogP contribution < -0.4 is 10.2 Å². The average molecular weight is 264 g/mol. The van der Waals surface area contributed by atoms with Crippen molar-refractivity contribution in [2.75, 3.05) is 18.0 Å². The molecule has 0 saturated carbocycles. The Morgan fingerprint density at radius 3 is 2.89 bits per heavy atom. The van der Waals surface area contributed by atoms with Gasteiger partial charge in [0.1, 0.15) is 5.82 Å². The summed E-state index contributed by atoms with van der Waals surface area (Å²) in [5, 5.41) is 2.77. The van der Waals surface area contributed by atoms with Crippen LogP contribution >= 0.6 is 0 Å². The zero-order chi connectivity index (χ0) is 13.8. The van der Waals surface area contributed by atoms with Gasteiger partial charge in [-0.05, 0) is 18.6 Å². The number of carbonyl (C=O) groups is 2. The summed E-state index contributed by atoms with van der Waals surface area (Å²) in [4.78, 5) is 25.1. The van der Waals surface area contributed by atoms with E-state index in [-0.39, 0.29) is 30.5 Å². The van der Waals surface area contributed by atoms with Crippen LogP contribution in [0.2, 0.25) is 0 Å². The lowest BCUT2D eigenvalue weighted by Gasteiger charge is -2.17. The number of halogens is 1. The molecule has 0 aromatic heterocycles. The van der Waals surface area contributed by atoms with Gasteiger partial charge in [-0.2, -0.15) is 0 Å². The highest BCUT2D eigenvalue weighted by molar-refractivity contribution is 6.00. The number of nitrogens with one attached hydrogen (secondary N) is 1. The van der Waals surface area contributed by atoms with Crippen molar-refractivity contribution < 1.29 is 14.0 Å². The minimum Gasteiger partial charge on any atom is -0.356 e. The van der Waals surface area contributed by atoms with Crippen LogP contribution in [0, 0.1) is 11.7 Å². The van der Waals surface area contributed by atoms with E-state index in [0.29, 0.717) is 6.54 Å². The Morgan fingerprint density at radius 2 is 2.21 bits per heavy atom. The highest BCUT2D eigenvalue weighted by Crippen LogP contribution is 2.27. The highest BCUT2D eigenvalue weighted by atomic mass is 19.1. The summed E-state index contributed by atoms with van der Waals surface area (Å²) >= 11 is 0. The second kappa shape index (κ2) is 5.82. The van der Waals surface area contributed by atoms with Crippen molar-refractivity contribution in [1.82, 2.24) is 5.32 Å². The third-order valence-corrected chi connectivity index (χ3v) is 3.19. The van der Waals surface area contributed by atoms with E-state index in [1.54, 1.807) is 18.2 Å². The first kappa shape index (κ1) is 13.5. The van der Waals surface area contributed by atoms with Gasteiger partial charge in [0.15, 0.2) is 0 Å². The third kappa shape index (κ3) is 2.92. The first-order valence-corrected chi connectivity index (χ1v) is 6.46. The Bertz CT molecular complexity index is 490. The van der Waals surface area contributed by atoms with E-state index < -0.39 is 11.7 Å². The Hall–Kier alpha value is -1.91. The minimum absolute atomic E-state index is 0.131. The van der Waals surface area contributed by atoms with Crippen molar-refractivity contribution in [3.05, 3.63) is 30.1 Å². The number of hydrogen-bond donors (Lipinski definition) is 1. The van der Waals surface area contributed by atoms with Gasteiger partial charge in [-0.3, -0.25) is 9.59 Å². The largest absolute Gasteiger partial charge is 0.356 e. The third-order valence-electron chi connectivity index (χ3n) is 3.19. The van der Waals surface area contributed by atoms with Crippen LogP contribution in [0.25, 0.3) is 0 Å². The maximum absolute atomic E-state index is 13.7. The van der Waals surface area contributed by atoms with Crippen molar-refractivity contribution in [3.63, 3.8) is 0 Å². The molecule has 1 aliphatic heterocycles. The van der Waals surface area contributed by atoms with Gasteiger partial charge in [0, 0.05) is 19.5 Å². The Kier molecular flexibility index (Phi) is 4.14. The standard InChI is InChI=1S/C14H17FN2O2/c1-2-7-16-14(19)10-8-13(18)17(9-10)12-6-4-3-5-11(12)15/h3-6,10H,2,7-9H2,1H3,(H,16,19)/t10-/m0/s1. The van der Waals surface area contributed by atoms with Crippen LogP contribution in [0.5, 0.6) is 0 Å². The fourth-order valence-electron chi connectivity index (χ4n) is 2.18. The predicted octanol–water partition coefficient (Wildman–Crippen LogP) is 1.70. The lowest BCUT2D eigenvalue weighted by Crippen LogP contribution is -2.33. The van der Waals surface area contributed by atoms with E-state index in [1.807, 2.05) is 6.92 Å². The first-order valence-electron chi connectivity index (χ1n) is 6.46. The molecule has 0 unspecified atom stereocenters. The Balaban J connectivity index is 2.08. The number of nitrogens with zero attached hydrogens (tertiary/aromatic N) is 1. The van der Waals surface area contributed by atoms with Crippen molar-refractivity contribution in [2.24, 2.45) is 5.92 Å². The lowest BCUT2D eigenvalue weighted by atomic mass is 10.1. The van der Waals surface area contributed by atoms with Crippen LogP contribution in [-0.4, -0.2) is 24.9 Å². The summed E-state index contributed by atoms with van der Waals surface area (Å²) in [7, 11) is 0. The Morgan fingerprint density at radius 1 is 1.47 bits per heavy atom. The van der Waals surface area contributed by atoms with Gasteiger partial charge >= 0.3 is 0 Å². The number of hydrogen-bond acceptors (Lipinski definition) is 2. The molecule has 4 nitrogen and oxygen atoms in total. The summed E-state index contributed by atoms with van der Waals surface area (Å²) in [6, 6.07) is 6.12. The second-order valence-electron chi connectivity index (χ2n) is 4.65. The first-order chi connectivity index (χ1) is 9.13. The second-order valence-corrected chi connectivity index (χ2v) is 4.65. The highest BCUT2D eigenvalue weighted by Gasteiger charge is 2.35. The molecule has 0 aliphatic carbocycles. The zero-order valence-electron chi connectivity index (χ0n) is 10.9. The molecule has 2 amide bonds. The van der Waals surface area contributed by atoms with Crippen molar-refractivity contribution in [3.8, 4) is 0 Å². The van der Waals surface area contributed by atoms with E-state index in [4.69, 9.17) is 0 Å². The summed E-state index contributed by atoms with van der Waals surface area (Å²) in [6.07, 6.45) is 0.993. The average Bonchev–Trinajstić information content (AvgIpc) is 2.78. The zero-order valence-corrected chi connectivity index (χ0v) is 10.9. The molecule has 1 N–H and O–H groups in total. The number of carbonyl (C=O) groups excluding carboxylic acids is 2. The number of para-hydroxylation sites is 1. The molecular weight excluding hydrogens is 247 g/mol. The van der Waals surface area contributed by atoms with E-state index in [0.717, 1.165) is 6.42 Å². The van der Waals surface area contributed by atoms with Crippen LogP contribution in [0.15, 0.2) is 24.3 Å². The fourth-order valence-corrected chi connectivity index (χ4v) is 2.18. The van der Waals surface area contributed by atoms with E-state index in [1.165, 1.54) is 11.0 Å². The molecule has 19 heavy (non-hydrogen) atoms. The molecule has 1 atom stereocenters. The maximum atomic E-state index is 13.7. The van der Waals surface area contributed by atoms with Gasteiger partial charge in [-0.1, -0.05) is 19.1 Å². The van der Waals surface area contributed by atoms with Gasteiger partial charge in [0.05, 0.1) is 11.6 Å². The predicted molar refractivity (Wildman–Crippen MR) is 70.2 cm³/mol. The SMILES string of the molecule is CCCNC(=O)[C@H]1CC(=O)N(c2ccccc2F)C1. The molecule has 0 radical (unpaired) electrons. The molecular formula is C14H17FN2O2. The number of rotatable bonds is 4. The van der Waals surface area contributed by atoms with E-state index in [2.05, 4.69) is 5.32 Å². The normalized spacial score (nSPS) is 18.7. The molecule has 2 rings (SSSR count). The van der Waals surface area contributed by atoms with E-state index >= 15 is 0 Å². The molecule has 1 fully saturated rings. The molecule has 0 bridgehead atoms. The molecule has 1 aromatic carbocycles. The molecule has 102 valence electrons.